The number of likely N-dealkylation sites (N-methyl/N-ethyl adjacent to an activating group) is 1. The molecule has 1 fully saturated rings. The third-order valence-corrected chi connectivity index (χ3v) is 4.65. The fourth-order valence-corrected chi connectivity index (χ4v) is 3.08. The SMILES string of the molecule is CCNC(=NCC(C)N(C)c1ccccc1)N1CCC(COC)C1. The van der Waals surface area contributed by atoms with Gasteiger partial charge in [0.05, 0.1) is 13.2 Å². The molecule has 0 amide bonds. The predicted molar refractivity (Wildman–Crippen MR) is 102 cm³/mol. The Morgan fingerprint density at radius 3 is 2.83 bits per heavy atom. The van der Waals surface area contributed by atoms with E-state index in [-0.39, 0.29) is 0 Å². The van der Waals surface area contributed by atoms with E-state index in [1.165, 1.54) is 12.1 Å². The number of nitrogens with one attached hydrogen (secondary N) is 1. The number of nitrogens with zero attached hydrogens (tertiary/aromatic N) is 3. The highest BCUT2D eigenvalue weighted by Gasteiger charge is 2.24. The Morgan fingerprint density at radius 2 is 2.17 bits per heavy atom. The van der Waals surface area contributed by atoms with Gasteiger partial charge in [-0.15, -0.1) is 0 Å². The molecule has 1 saturated heterocycles. The van der Waals surface area contributed by atoms with Crippen molar-refractivity contribution in [2.75, 3.05) is 51.8 Å². The first-order valence-corrected chi connectivity index (χ1v) is 8.95. The van der Waals surface area contributed by atoms with Crippen LogP contribution >= 0.6 is 0 Å². The summed E-state index contributed by atoms with van der Waals surface area (Å²) in [6.45, 7) is 8.94. The van der Waals surface area contributed by atoms with Crippen LogP contribution in [0, 0.1) is 5.92 Å². The summed E-state index contributed by atoms with van der Waals surface area (Å²) < 4.78 is 5.30. The second kappa shape index (κ2) is 9.52. The lowest BCUT2D eigenvalue weighted by atomic mass is 10.1. The van der Waals surface area contributed by atoms with Crippen molar-refractivity contribution in [2.45, 2.75) is 26.3 Å². The molecular formula is C19H32N4O. The number of hydrogen-bond acceptors (Lipinski definition) is 3. The van der Waals surface area contributed by atoms with Crippen molar-refractivity contribution in [1.82, 2.24) is 10.2 Å². The van der Waals surface area contributed by atoms with E-state index in [0.717, 1.165) is 38.7 Å². The van der Waals surface area contributed by atoms with E-state index in [4.69, 9.17) is 9.73 Å². The van der Waals surface area contributed by atoms with E-state index in [9.17, 15) is 0 Å². The lowest BCUT2D eigenvalue weighted by molar-refractivity contribution is 0.157. The first kappa shape index (κ1) is 18.6. The number of likely N-dealkylation sites (tertiary alicyclic amines) is 1. The topological polar surface area (TPSA) is 40.1 Å². The van der Waals surface area contributed by atoms with Crippen LogP contribution in [0.15, 0.2) is 35.3 Å². The second-order valence-electron chi connectivity index (χ2n) is 6.55. The van der Waals surface area contributed by atoms with Crippen molar-refractivity contribution in [2.24, 2.45) is 10.9 Å². The van der Waals surface area contributed by atoms with Crippen LogP contribution in [0.2, 0.25) is 0 Å². The van der Waals surface area contributed by atoms with Crippen LogP contribution in [0.3, 0.4) is 0 Å². The van der Waals surface area contributed by atoms with E-state index in [1.807, 2.05) is 6.07 Å². The Balaban J connectivity index is 1.95. The molecule has 1 aromatic carbocycles. The van der Waals surface area contributed by atoms with Crippen molar-refractivity contribution >= 4 is 11.6 Å². The number of anilines is 1. The number of guanidine groups is 1. The first-order chi connectivity index (χ1) is 11.7. The molecule has 2 rings (SSSR count). The number of hydrogen-bond donors (Lipinski definition) is 1. The van der Waals surface area contributed by atoms with Gasteiger partial charge in [0.2, 0.25) is 0 Å². The third kappa shape index (κ3) is 5.13. The molecule has 1 N–H and O–H groups in total. The van der Waals surface area contributed by atoms with Gasteiger partial charge in [0, 0.05) is 51.4 Å². The normalized spacial score (nSPS) is 19.4. The van der Waals surface area contributed by atoms with Crippen LogP contribution < -0.4 is 10.2 Å². The largest absolute Gasteiger partial charge is 0.384 e. The first-order valence-electron chi connectivity index (χ1n) is 8.95. The Morgan fingerprint density at radius 1 is 1.42 bits per heavy atom. The van der Waals surface area contributed by atoms with Gasteiger partial charge in [0.25, 0.3) is 0 Å². The van der Waals surface area contributed by atoms with Gasteiger partial charge in [-0.2, -0.15) is 0 Å². The van der Waals surface area contributed by atoms with E-state index in [1.54, 1.807) is 7.11 Å². The summed E-state index contributed by atoms with van der Waals surface area (Å²) in [5.41, 5.74) is 1.23. The molecule has 0 spiro atoms. The Hall–Kier alpha value is -1.75. The smallest absolute Gasteiger partial charge is 0.193 e. The molecule has 1 aromatic rings. The average molecular weight is 332 g/mol. The fraction of sp³-hybridized carbons (Fsp3) is 0.632. The van der Waals surface area contributed by atoms with E-state index in [2.05, 4.69) is 60.3 Å². The highest BCUT2D eigenvalue weighted by molar-refractivity contribution is 5.80. The van der Waals surface area contributed by atoms with Gasteiger partial charge in [-0.25, -0.2) is 0 Å². The average Bonchev–Trinajstić information content (AvgIpc) is 3.07. The molecule has 2 unspecified atom stereocenters. The van der Waals surface area contributed by atoms with Gasteiger partial charge in [-0.3, -0.25) is 4.99 Å². The van der Waals surface area contributed by atoms with Crippen LogP contribution in [-0.2, 0) is 4.74 Å². The Labute approximate surface area is 146 Å². The van der Waals surface area contributed by atoms with Crippen molar-refractivity contribution in [3.05, 3.63) is 30.3 Å². The van der Waals surface area contributed by atoms with Crippen LogP contribution in [0.4, 0.5) is 5.69 Å². The van der Waals surface area contributed by atoms with Crippen LogP contribution in [0.25, 0.3) is 0 Å². The van der Waals surface area contributed by atoms with Gasteiger partial charge in [-0.1, -0.05) is 18.2 Å². The number of methoxy groups -OCH3 is 1. The van der Waals surface area contributed by atoms with Crippen molar-refractivity contribution in [3.63, 3.8) is 0 Å². The highest BCUT2D eigenvalue weighted by atomic mass is 16.5. The number of ether oxygens (including phenoxy) is 1. The predicted octanol–water partition coefficient (Wildman–Crippen LogP) is 2.45. The third-order valence-electron chi connectivity index (χ3n) is 4.65. The Bertz CT molecular complexity index is 505. The maximum absolute atomic E-state index is 5.30. The molecule has 0 radical (unpaired) electrons. The van der Waals surface area contributed by atoms with E-state index in [0.29, 0.717) is 12.0 Å². The Kier molecular flexibility index (Phi) is 7.37. The summed E-state index contributed by atoms with van der Waals surface area (Å²) in [5, 5.41) is 3.44. The van der Waals surface area contributed by atoms with Crippen LogP contribution in [0.5, 0.6) is 0 Å². The minimum atomic E-state index is 0.346. The molecule has 134 valence electrons. The zero-order valence-electron chi connectivity index (χ0n) is 15.5. The summed E-state index contributed by atoms with van der Waals surface area (Å²) >= 11 is 0. The molecule has 2 atom stereocenters. The minimum Gasteiger partial charge on any atom is -0.384 e. The lowest BCUT2D eigenvalue weighted by Crippen LogP contribution is -2.41. The quantitative estimate of drug-likeness (QED) is 0.615. The number of aliphatic imine (C=N–C) groups is 1. The van der Waals surface area contributed by atoms with Crippen molar-refractivity contribution in [1.29, 1.82) is 0 Å². The van der Waals surface area contributed by atoms with E-state index < -0.39 is 0 Å². The summed E-state index contributed by atoms with van der Waals surface area (Å²) in [6, 6.07) is 10.8. The summed E-state index contributed by atoms with van der Waals surface area (Å²) in [4.78, 5) is 9.53. The van der Waals surface area contributed by atoms with Crippen molar-refractivity contribution in [3.8, 4) is 0 Å². The van der Waals surface area contributed by atoms with Gasteiger partial charge in [0.1, 0.15) is 0 Å². The molecule has 0 bridgehead atoms. The monoisotopic (exact) mass is 332 g/mol. The van der Waals surface area contributed by atoms with Gasteiger partial charge in [0.15, 0.2) is 5.96 Å². The minimum absolute atomic E-state index is 0.346. The lowest BCUT2D eigenvalue weighted by Gasteiger charge is -2.27. The molecule has 0 aliphatic carbocycles. The van der Waals surface area contributed by atoms with Gasteiger partial charge >= 0.3 is 0 Å². The number of para-hydroxylation sites is 1. The molecule has 5 heteroatoms. The molecule has 5 nitrogen and oxygen atoms in total. The maximum atomic E-state index is 5.30. The van der Waals surface area contributed by atoms with Gasteiger partial charge in [-0.05, 0) is 32.4 Å². The van der Waals surface area contributed by atoms with Crippen LogP contribution in [0.1, 0.15) is 20.3 Å². The number of rotatable bonds is 7. The van der Waals surface area contributed by atoms with Crippen LogP contribution in [-0.4, -0.2) is 63.8 Å². The highest BCUT2D eigenvalue weighted by Crippen LogP contribution is 2.17. The second-order valence-corrected chi connectivity index (χ2v) is 6.55. The standard InChI is InChI=1S/C19H32N4O/c1-5-20-19(23-12-11-17(14-23)15-24-4)21-13-16(2)22(3)18-9-7-6-8-10-18/h6-10,16-17H,5,11-15H2,1-4H3,(H,20,21). The van der Waals surface area contributed by atoms with E-state index >= 15 is 0 Å². The zero-order valence-corrected chi connectivity index (χ0v) is 15.5. The molecule has 1 aliphatic heterocycles. The van der Waals surface area contributed by atoms with Crippen molar-refractivity contribution < 1.29 is 4.74 Å². The maximum Gasteiger partial charge on any atom is 0.193 e. The molecule has 0 saturated carbocycles. The zero-order chi connectivity index (χ0) is 17.4. The molecule has 24 heavy (non-hydrogen) atoms. The number of benzene rings is 1. The molecular weight excluding hydrogens is 300 g/mol. The van der Waals surface area contributed by atoms with Gasteiger partial charge < -0.3 is 19.9 Å². The molecule has 1 heterocycles. The summed E-state index contributed by atoms with van der Waals surface area (Å²) in [7, 11) is 3.91. The molecule has 1 aliphatic rings. The summed E-state index contributed by atoms with van der Waals surface area (Å²) in [5.74, 6) is 1.65. The molecule has 0 aromatic heterocycles. The summed E-state index contributed by atoms with van der Waals surface area (Å²) in [6.07, 6.45) is 1.18. The fourth-order valence-electron chi connectivity index (χ4n) is 3.08.